The monoisotopic (exact) mass is 222 g/mol. The number of furan rings is 1. The first kappa shape index (κ1) is 9.90. The standard InChI is InChI=1S/C12H14O4/c1-7-2-3-10(16-7)12(5-15-6-12)9-4-8(9)11(13)14/h2-3,8-9H,4-6H2,1H3,(H,13,14). The molecule has 0 bridgehead atoms. The highest BCUT2D eigenvalue weighted by molar-refractivity contribution is 5.74. The number of carboxylic acids is 1. The van der Waals surface area contributed by atoms with E-state index in [0.717, 1.165) is 17.9 Å². The van der Waals surface area contributed by atoms with E-state index in [4.69, 9.17) is 14.3 Å². The number of aliphatic carboxylic acids is 1. The van der Waals surface area contributed by atoms with Crippen LogP contribution in [-0.4, -0.2) is 24.3 Å². The molecule has 86 valence electrons. The van der Waals surface area contributed by atoms with Crippen molar-refractivity contribution in [3.63, 3.8) is 0 Å². The minimum absolute atomic E-state index is 0.169. The Morgan fingerprint density at radius 2 is 2.25 bits per heavy atom. The lowest BCUT2D eigenvalue weighted by Gasteiger charge is -2.40. The highest BCUT2D eigenvalue weighted by atomic mass is 16.5. The molecule has 2 unspecified atom stereocenters. The molecule has 2 aliphatic rings. The lowest BCUT2D eigenvalue weighted by atomic mass is 9.77. The number of rotatable bonds is 3. The van der Waals surface area contributed by atoms with E-state index in [1.54, 1.807) is 0 Å². The number of carboxylic acid groups (broad SMARTS) is 1. The number of hydrogen-bond acceptors (Lipinski definition) is 3. The van der Waals surface area contributed by atoms with Crippen LogP contribution < -0.4 is 0 Å². The molecule has 16 heavy (non-hydrogen) atoms. The second-order valence-electron chi connectivity index (χ2n) is 4.85. The summed E-state index contributed by atoms with van der Waals surface area (Å²) in [6.07, 6.45) is 0.748. The molecule has 1 aromatic heterocycles. The van der Waals surface area contributed by atoms with E-state index in [9.17, 15) is 4.79 Å². The molecule has 1 aliphatic heterocycles. The molecular formula is C12H14O4. The normalized spacial score (nSPS) is 30.8. The number of hydrogen-bond donors (Lipinski definition) is 1. The zero-order valence-corrected chi connectivity index (χ0v) is 9.10. The topological polar surface area (TPSA) is 59.7 Å². The zero-order chi connectivity index (χ0) is 11.3. The quantitative estimate of drug-likeness (QED) is 0.843. The van der Waals surface area contributed by atoms with Gasteiger partial charge in [0.1, 0.15) is 11.5 Å². The van der Waals surface area contributed by atoms with Gasteiger partial charge in [0.05, 0.1) is 24.5 Å². The van der Waals surface area contributed by atoms with Crippen LogP contribution in [0.25, 0.3) is 0 Å². The Bertz CT molecular complexity index is 430. The molecule has 1 N–H and O–H groups in total. The van der Waals surface area contributed by atoms with E-state index in [1.807, 2.05) is 19.1 Å². The van der Waals surface area contributed by atoms with Gasteiger partial charge in [-0.15, -0.1) is 0 Å². The minimum Gasteiger partial charge on any atom is -0.481 e. The first-order valence-corrected chi connectivity index (χ1v) is 5.51. The molecule has 0 radical (unpaired) electrons. The van der Waals surface area contributed by atoms with E-state index in [2.05, 4.69) is 0 Å². The Morgan fingerprint density at radius 1 is 1.50 bits per heavy atom. The second kappa shape index (κ2) is 3.10. The smallest absolute Gasteiger partial charge is 0.306 e. The van der Waals surface area contributed by atoms with Crippen molar-refractivity contribution in [3.05, 3.63) is 23.7 Å². The maximum Gasteiger partial charge on any atom is 0.306 e. The van der Waals surface area contributed by atoms with Crippen LogP contribution in [-0.2, 0) is 14.9 Å². The lowest BCUT2D eigenvalue weighted by Crippen LogP contribution is -2.49. The van der Waals surface area contributed by atoms with Crippen molar-refractivity contribution in [2.75, 3.05) is 13.2 Å². The molecule has 4 nitrogen and oxygen atoms in total. The highest BCUT2D eigenvalue weighted by Crippen LogP contribution is 2.55. The van der Waals surface area contributed by atoms with Crippen LogP contribution in [0.5, 0.6) is 0 Å². The Morgan fingerprint density at radius 3 is 2.62 bits per heavy atom. The zero-order valence-electron chi connectivity index (χ0n) is 9.10. The molecule has 0 aromatic carbocycles. The van der Waals surface area contributed by atoms with Gasteiger partial charge in [-0.05, 0) is 31.4 Å². The first-order chi connectivity index (χ1) is 7.63. The minimum atomic E-state index is -0.695. The maximum absolute atomic E-state index is 10.9. The lowest BCUT2D eigenvalue weighted by molar-refractivity contribution is -0.140. The molecule has 1 aliphatic carbocycles. The van der Waals surface area contributed by atoms with E-state index in [1.165, 1.54) is 0 Å². The summed E-state index contributed by atoms with van der Waals surface area (Å²) in [4.78, 5) is 10.9. The van der Waals surface area contributed by atoms with Crippen molar-refractivity contribution < 1.29 is 19.1 Å². The van der Waals surface area contributed by atoms with Crippen LogP contribution in [0.4, 0.5) is 0 Å². The molecule has 4 heteroatoms. The largest absolute Gasteiger partial charge is 0.481 e. The van der Waals surface area contributed by atoms with Gasteiger partial charge in [0, 0.05) is 0 Å². The third-order valence-corrected chi connectivity index (χ3v) is 3.77. The van der Waals surface area contributed by atoms with Crippen LogP contribution in [0.1, 0.15) is 17.9 Å². The second-order valence-corrected chi connectivity index (χ2v) is 4.85. The highest BCUT2D eigenvalue weighted by Gasteiger charge is 2.61. The third kappa shape index (κ3) is 1.23. The van der Waals surface area contributed by atoms with Gasteiger partial charge in [-0.25, -0.2) is 0 Å². The van der Waals surface area contributed by atoms with Gasteiger partial charge < -0.3 is 14.3 Å². The Labute approximate surface area is 93.2 Å². The van der Waals surface area contributed by atoms with Crippen LogP contribution in [0.2, 0.25) is 0 Å². The predicted molar refractivity (Wildman–Crippen MR) is 55.2 cm³/mol. The van der Waals surface area contributed by atoms with Crippen molar-refractivity contribution in [1.82, 2.24) is 0 Å². The van der Waals surface area contributed by atoms with Crippen LogP contribution in [0, 0.1) is 18.8 Å². The summed E-state index contributed by atoms with van der Waals surface area (Å²) < 4.78 is 10.9. The summed E-state index contributed by atoms with van der Waals surface area (Å²) in [6, 6.07) is 3.88. The molecule has 2 atom stereocenters. The summed E-state index contributed by atoms with van der Waals surface area (Å²) in [5, 5.41) is 8.99. The summed E-state index contributed by atoms with van der Waals surface area (Å²) in [5.41, 5.74) is -0.169. The molecule has 1 saturated heterocycles. The van der Waals surface area contributed by atoms with E-state index in [0.29, 0.717) is 13.2 Å². The third-order valence-electron chi connectivity index (χ3n) is 3.77. The predicted octanol–water partition coefficient (Wildman–Crippen LogP) is 1.58. The van der Waals surface area contributed by atoms with Crippen molar-refractivity contribution in [2.24, 2.45) is 11.8 Å². The Kier molecular flexibility index (Phi) is 1.92. The molecular weight excluding hydrogens is 208 g/mol. The van der Waals surface area contributed by atoms with Crippen molar-refractivity contribution in [2.45, 2.75) is 18.8 Å². The van der Waals surface area contributed by atoms with Crippen molar-refractivity contribution in [1.29, 1.82) is 0 Å². The molecule has 0 spiro atoms. The van der Waals surface area contributed by atoms with Gasteiger partial charge in [-0.2, -0.15) is 0 Å². The summed E-state index contributed by atoms with van der Waals surface area (Å²) >= 11 is 0. The average Bonchev–Trinajstić information content (AvgIpc) is 2.83. The number of aryl methyl sites for hydroxylation is 1. The fraction of sp³-hybridized carbons (Fsp3) is 0.583. The van der Waals surface area contributed by atoms with E-state index >= 15 is 0 Å². The van der Waals surface area contributed by atoms with E-state index in [-0.39, 0.29) is 17.3 Å². The van der Waals surface area contributed by atoms with Crippen molar-refractivity contribution >= 4 is 5.97 Å². The molecule has 2 fully saturated rings. The van der Waals surface area contributed by atoms with Crippen LogP contribution >= 0.6 is 0 Å². The van der Waals surface area contributed by atoms with Crippen LogP contribution in [0.15, 0.2) is 16.5 Å². The Balaban J connectivity index is 1.87. The maximum atomic E-state index is 10.9. The fourth-order valence-electron chi connectivity index (χ4n) is 2.64. The average molecular weight is 222 g/mol. The molecule has 2 heterocycles. The molecule has 3 rings (SSSR count). The van der Waals surface area contributed by atoms with Crippen LogP contribution in [0.3, 0.4) is 0 Å². The van der Waals surface area contributed by atoms with E-state index < -0.39 is 5.97 Å². The summed E-state index contributed by atoms with van der Waals surface area (Å²) in [7, 11) is 0. The van der Waals surface area contributed by atoms with Gasteiger partial charge >= 0.3 is 5.97 Å². The van der Waals surface area contributed by atoms with Gasteiger partial charge in [0.25, 0.3) is 0 Å². The van der Waals surface area contributed by atoms with Gasteiger partial charge in [0.15, 0.2) is 0 Å². The summed E-state index contributed by atoms with van der Waals surface area (Å²) in [5.74, 6) is 1.04. The Hall–Kier alpha value is -1.29. The SMILES string of the molecule is Cc1ccc(C2(C3CC3C(=O)O)COC2)o1. The fourth-order valence-corrected chi connectivity index (χ4v) is 2.64. The van der Waals surface area contributed by atoms with Gasteiger partial charge in [-0.1, -0.05) is 0 Å². The van der Waals surface area contributed by atoms with Crippen molar-refractivity contribution in [3.8, 4) is 0 Å². The number of ether oxygens (including phenoxy) is 1. The molecule has 0 amide bonds. The van der Waals surface area contributed by atoms with Gasteiger partial charge in [0.2, 0.25) is 0 Å². The van der Waals surface area contributed by atoms with Gasteiger partial charge in [-0.3, -0.25) is 4.79 Å². The number of carbonyl (C=O) groups is 1. The summed E-state index contributed by atoms with van der Waals surface area (Å²) in [6.45, 7) is 3.08. The molecule has 1 aromatic rings. The molecule has 1 saturated carbocycles. The first-order valence-electron chi connectivity index (χ1n) is 5.51.